The van der Waals surface area contributed by atoms with Crippen LogP contribution < -0.4 is 0 Å². The molecule has 0 N–H and O–H groups in total. The first-order chi connectivity index (χ1) is 8.47. The monoisotopic (exact) mass is 286 g/mol. The molecule has 96 valence electrons. The van der Waals surface area contributed by atoms with Crippen LogP contribution in [0.2, 0.25) is 10.2 Å². The first kappa shape index (κ1) is 13.2. The summed E-state index contributed by atoms with van der Waals surface area (Å²) in [6.07, 6.45) is 2.93. The fraction of sp³-hybridized carbons (Fsp3) is 0.333. The first-order valence-corrected chi connectivity index (χ1v) is 6.16. The van der Waals surface area contributed by atoms with Gasteiger partial charge in [0.1, 0.15) is 11.3 Å². The molecular weight excluding hydrogens is 275 g/mol. The van der Waals surface area contributed by atoms with Gasteiger partial charge in [0.15, 0.2) is 0 Å². The molecule has 0 radical (unpaired) electrons. The molecule has 1 unspecified atom stereocenters. The molecule has 0 aliphatic carbocycles. The lowest BCUT2D eigenvalue weighted by atomic mass is 10.2. The Morgan fingerprint density at radius 2 is 2.22 bits per heavy atom. The number of likely N-dealkylation sites (N-methyl/N-ethyl adjacent to an activating group) is 1. The molecule has 1 aliphatic heterocycles. The molecule has 4 nitrogen and oxygen atoms in total. The molecule has 0 aromatic carbocycles. The Bertz CT molecular complexity index is 517. The van der Waals surface area contributed by atoms with Crippen LogP contribution in [0.25, 0.3) is 0 Å². The van der Waals surface area contributed by atoms with Crippen LogP contribution in [0.3, 0.4) is 0 Å². The van der Waals surface area contributed by atoms with E-state index in [9.17, 15) is 4.79 Å². The van der Waals surface area contributed by atoms with Crippen molar-refractivity contribution in [3.05, 3.63) is 39.8 Å². The van der Waals surface area contributed by atoms with Crippen LogP contribution >= 0.6 is 23.2 Å². The van der Waals surface area contributed by atoms with Crippen molar-refractivity contribution in [3.8, 4) is 0 Å². The zero-order valence-electron chi connectivity index (χ0n) is 9.98. The fourth-order valence-electron chi connectivity index (χ4n) is 1.84. The topological polar surface area (TPSA) is 42.4 Å². The number of rotatable bonds is 3. The SMILES string of the molecule is CC1OC(=O)C=C1N(C)Cc1cnc(Cl)c(Cl)c1. The molecule has 0 fully saturated rings. The smallest absolute Gasteiger partial charge is 0.333 e. The van der Waals surface area contributed by atoms with Crippen LogP contribution in [0, 0.1) is 0 Å². The van der Waals surface area contributed by atoms with Gasteiger partial charge in [0.05, 0.1) is 10.7 Å². The zero-order valence-corrected chi connectivity index (χ0v) is 11.5. The highest BCUT2D eigenvalue weighted by Crippen LogP contribution is 2.23. The Morgan fingerprint density at radius 3 is 2.78 bits per heavy atom. The number of carbonyl (C=O) groups excluding carboxylic acids is 1. The van der Waals surface area contributed by atoms with E-state index in [0.29, 0.717) is 11.6 Å². The number of aromatic nitrogens is 1. The third kappa shape index (κ3) is 2.76. The Balaban J connectivity index is 2.11. The van der Waals surface area contributed by atoms with Crippen LogP contribution in [-0.4, -0.2) is 29.0 Å². The van der Waals surface area contributed by atoms with E-state index in [4.69, 9.17) is 27.9 Å². The predicted octanol–water partition coefficient (Wildman–Crippen LogP) is 2.65. The van der Waals surface area contributed by atoms with E-state index >= 15 is 0 Å². The van der Waals surface area contributed by atoms with Gasteiger partial charge in [0.2, 0.25) is 0 Å². The van der Waals surface area contributed by atoms with Gasteiger partial charge in [0.25, 0.3) is 0 Å². The van der Waals surface area contributed by atoms with Gasteiger partial charge in [-0.05, 0) is 18.6 Å². The van der Waals surface area contributed by atoms with Crippen molar-refractivity contribution in [2.75, 3.05) is 7.05 Å². The van der Waals surface area contributed by atoms with E-state index in [2.05, 4.69) is 4.98 Å². The number of carbonyl (C=O) groups is 1. The van der Waals surface area contributed by atoms with Gasteiger partial charge in [-0.2, -0.15) is 0 Å². The quantitative estimate of drug-likeness (QED) is 0.633. The number of hydrogen-bond acceptors (Lipinski definition) is 4. The second kappa shape index (κ2) is 5.16. The maximum atomic E-state index is 11.1. The van der Waals surface area contributed by atoms with Crippen molar-refractivity contribution in [2.45, 2.75) is 19.6 Å². The number of ether oxygens (including phenoxy) is 1. The minimum atomic E-state index is -0.309. The van der Waals surface area contributed by atoms with Crippen LogP contribution in [-0.2, 0) is 16.1 Å². The summed E-state index contributed by atoms with van der Waals surface area (Å²) in [5.41, 5.74) is 1.76. The van der Waals surface area contributed by atoms with E-state index in [-0.39, 0.29) is 17.2 Å². The average Bonchev–Trinajstić information content (AvgIpc) is 2.63. The highest BCUT2D eigenvalue weighted by Gasteiger charge is 2.24. The lowest BCUT2D eigenvalue weighted by molar-refractivity contribution is -0.138. The third-order valence-corrected chi connectivity index (χ3v) is 3.37. The predicted molar refractivity (Wildman–Crippen MR) is 69.4 cm³/mol. The second-order valence-electron chi connectivity index (χ2n) is 4.12. The van der Waals surface area contributed by atoms with E-state index in [1.54, 1.807) is 12.3 Å². The normalized spacial score (nSPS) is 18.6. The molecule has 2 rings (SSSR count). The van der Waals surface area contributed by atoms with Crippen molar-refractivity contribution in [1.82, 2.24) is 9.88 Å². The van der Waals surface area contributed by atoms with Crippen molar-refractivity contribution in [3.63, 3.8) is 0 Å². The molecule has 1 atom stereocenters. The van der Waals surface area contributed by atoms with Gasteiger partial charge >= 0.3 is 5.97 Å². The minimum absolute atomic E-state index is 0.224. The molecule has 0 amide bonds. The summed E-state index contributed by atoms with van der Waals surface area (Å²) >= 11 is 11.7. The lowest BCUT2D eigenvalue weighted by Gasteiger charge is -2.22. The number of hydrogen-bond donors (Lipinski definition) is 0. The Morgan fingerprint density at radius 1 is 1.50 bits per heavy atom. The maximum Gasteiger partial charge on any atom is 0.333 e. The Kier molecular flexibility index (Phi) is 3.78. The second-order valence-corrected chi connectivity index (χ2v) is 4.89. The molecule has 1 aromatic heterocycles. The van der Waals surface area contributed by atoms with Gasteiger partial charge in [-0.1, -0.05) is 23.2 Å². The minimum Gasteiger partial charge on any atom is -0.453 e. The largest absolute Gasteiger partial charge is 0.453 e. The van der Waals surface area contributed by atoms with Crippen LogP contribution in [0.5, 0.6) is 0 Å². The van der Waals surface area contributed by atoms with Gasteiger partial charge < -0.3 is 9.64 Å². The van der Waals surface area contributed by atoms with E-state index in [1.165, 1.54) is 6.08 Å². The standard InChI is InChI=1S/C12H12Cl2N2O2/c1-7-10(4-11(17)18-7)16(2)6-8-3-9(13)12(14)15-5-8/h3-5,7H,6H2,1-2H3. The van der Waals surface area contributed by atoms with Crippen LogP contribution in [0.4, 0.5) is 0 Å². The molecule has 0 spiro atoms. The molecular formula is C12H12Cl2N2O2. The summed E-state index contributed by atoms with van der Waals surface area (Å²) < 4.78 is 5.04. The van der Waals surface area contributed by atoms with Gasteiger partial charge in [-0.25, -0.2) is 9.78 Å². The molecule has 0 saturated carbocycles. The van der Waals surface area contributed by atoms with Gasteiger partial charge in [0, 0.05) is 25.9 Å². The molecule has 0 saturated heterocycles. The summed E-state index contributed by atoms with van der Waals surface area (Å²) in [6.45, 7) is 2.41. The third-order valence-electron chi connectivity index (χ3n) is 2.69. The number of nitrogens with zero attached hydrogens (tertiary/aromatic N) is 2. The van der Waals surface area contributed by atoms with Crippen molar-refractivity contribution >= 4 is 29.2 Å². The highest BCUT2D eigenvalue weighted by molar-refractivity contribution is 6.41. The Labute approximate surface area is 115 Å². The van der Waals surface area contributed by atoms with Crippen LogP contribution in [0.15, 0.2) is 24.0 Å². The van der Waals surface area contributed by atoms with E-state index in [0.717, 1.165) is 11.3 Å². The number of halogens is 2. The molecule has 6 heteroatoms. The van der Waals surface area contributed by atoms with Gasteiger partial charge in [-0.15, -0.1) is 0 Å². The number of cyclic esters (lactones) is 1. The molecule has 1 aromatic rings. The molecule has 18 heavy (non-hydrogen) atoms. The van der Waals surface area contributed by atoms with Crippen molar-refractivity contribution in [1.29, 1.82) is 0 Å². The first-order valence-electron chi connectivity index (χ1n) is 5.40. The summed E-state index contributed by atoms with van der Waals surface area (Å²) in [5, 5.41) is 0.707. The summed E-state index contributed by atoms with van der Waals surface area (Å²) in [4.78, 5) is 17.1. The zero-order chi connectivity index (χ0) is 13.3. The summed E-state index contributed by atoms with van der Waals surface area (Å²) in [5.74, 6) is -0.309. The van der Waals surface area contributed by atoms with Crippen molar-refractivity contribution in [2.24, 2.45) is 0 Å². The maximum absolute atomic E-state index is 11.1. The molecule has 2 heterocycles. The fourth-order valence-corrected chi connectivity index (χ4v) is 2.13. The number of esters is 1. The van der Waals surface area contributed by atoms with Crippen molar-refractivity contribution < 1.29 is 9.53 Å². The van der Waals surface area contributed by atoms with E-state index < -0.39 is 0 Å². The van der Waals surface area contributed by atoms with Gasteiger partial charge in [-0.3, -0.25) is 0 Å². The Hall–Kier alpha value is -1.26. The molecule has 0 bridgehead atoms. The number of pyridine rings is 1. The highest BCUT2D eigenvalue weighted by atomic mass is 35.5. The van der Waals surface area contributed by atoms with E-state index in [1.807, 2.05) is 18.9 Å². The molecule has 1 aliphatic rings. The average molecular weight is 287 g/mol. The lowest BCUT2D eigenvalue weighted by Crippen LogP contribution is -2.23. The summed E-state index contributed by atoms with van der Waals surface area (Å²) in [6, 6.07) is 1.76. The summed E-state index contributed by atoms with van der Waals surface area (Å²) in [7, 11) is 1.88. The van der Waals surface area contributed by atoms with Crippen LogP contribution in [0.1, 0.15) is 12.5 Å².